The van der Waals surface area contributed by atoms with Crippen LogP contribution in [0, 0.1) is 13.8 Å². The van der Waals surface area contributed by atoms with Crippen LogP contribution in [0.5, 0.6) is 0 Å². The number of carbonyl (C=O) groups excluding carboxylic acids is 1. The van der Waals surface area contributed by atoms with Gasteiger partial charge in [0.1, 0.15) is 5.69 Å². The first-order valence-corrected chi connectivity index (χ1v) is 10.2. The fraction of sp³-hybridized carbons (Fsp3) is 0.500. The zero-order valence-electron chi connectivity index (χ0n) is 16.8. The van der Waals surface area contributed by atoms with Crippen LogP contribution in [0.15, 0.2) is 23.2 Å². The summed E-state index contributed by atoms with van der Waals surface area (Å²) in [4.78, 5) is 12.8. The highest BCUT2D eigenvalue weighted by molar-refractivity contribution is 7.89. The number of nitrogens with one attached hydrogen (secondary N) is 1. The molecule has 1 unspecified atom stereocenters. The zero-order valence-corrected chi connectivity index (χ0v) is 17.6. The number of benzene rings is 1. The van der Waals surface area contributed by atoms with Gasteiger partial charge in [0.05, 0.1) is 17.1 Å². The summed E-state index contributed by atoms with van der Waals surface area (Å²) in [5.41, 5.74) is 2.30. The largest absolute Gasteiger partial charge is 0.344 e. The van der Waals surface area contributed by atoms with E-state index in [9.17, 15) is 13.2 Å². The molecular weight excluding hydrogens is 366 g/mol. The van der Waals surface area contributed by atoms with Gasteiger partial charge in [-0.05, 0) is 57.9 Å². The number of hydrogen-bond donors (Lipinski definition) is 1. The van der Waals surface area contributed by atoms with Crippen molar-refractivity contribution in [2.75, 3.05) is 14.1 Å². The minimum atomic E-state index is -3.65. The SMILES string of the molecule is Cc1cc(C(=O)NC(C)c2cn(C(C)C)nn2)cc(S(=O)(=O)N(C)C)c1C. The molecule has 0 aliphatic heterocycles. The van der Waals surface area contributed by atoms with Crippen molar-refractivity contribution in [3.05, 3.63) is 40.7 Å². The quantitative estimate of drug-likeness (QED) is 0.812. The number of carbonyl (C=O) groups is 1. The Bertz CT molecular complexity index is 948. The van der Waals surface area contributed by atoms with Crippen molar-refractivity contribution >= 4 is 15.9 Å². The lowest BCUT2D eigenvalue weighted by Gasteiger charge is -2.17. The second-order valence-electron chi connectivity index (χ2n) is 7.12. The second-order valence-corrected chi connectivity index (χ2v) is 9.24. The molecule has 1 amide bonds. The third-order valence-corrected chi connectivity index (χ3v) is 6.43. The van der Waals surface area contributed by atoms with E-state index < -0.39 is 10.0 Å². The van der Waals surface area contributed by atoms with E-state index >= 15 is 0 Å². The number of amides is 1. The van der Waals surface area contributed by atoms with Crippen molar-refractivity contribution in [3.63, 3.8) is 0 Å². The lowest BCUT2D eigenvalue weighted by molar-refractivity contribution is 0.0939. The van der Waals surface area contributed by atoms with E-state index in [1.165, 1.54) is 20.2 Å². The molecule has 0 bridgehead atoms. The van der Waals surface area contributed by atoms with Crippen molar-refractivity contribution in [1.82, 2.24) is 24.6 Å². The van der Waals surface area contributed by atoms with E-state index in [0.29, 0.717) is 16.8 Å². The van der Waals surface area contributed by atoms with Gasteiger partial charge in [0.2, 0.25) is 10.0 Å². The van der Waals surface area contributed by atoms with Gasteiger partial charge < -0.3 is 5.32 Å². The highest BCUT2D eigenvalue weighted by atomic mass is 32.2. The van der Waals surface area contributed by atoms with Gasteiger partial charge in [-0.3, -0.25) is 4.79 Å². The topological polar surface area (TPSA) is 97.2 Å². The summed E-state index contributed by atoms with van der Waals surface area (Å²) >= 11 is 0. The Morgan fingerprint density at radius 2 is 1.81 bits per heavy atom. The number of aryl methyl sites for hydroxylation is 1. The van der Waals surface area contributed by atoms with Gasteiger partial charge in [0, 0.05) is 25.7 Å². The average Bonchev–Trinajstić information content (AvgIpc) is 3.07. The van der Waals surface area contributed by atoms with Crippen LogP contribution in [-0.4, -0.2) is 47.7 Å². The summed E-state index contributed by atoms with van der Waals surface area (Å²) in [5.74, 6) is -0.361. The molecule has 0 radical (unpaired) electrons. The van der Waals surface area contributed by atoms with Crippen molar-refractivity contribution in [2.45, 2.75) is 51.6 Å². The molecule has 9 heteroatoms. The first-order chi connectivity index (χ1) is 12.4. The molecule has 1 aromatic heterocycles. The van der Waals surface area contributed by atoms with Crippen LogP contribution in [0.3, 0.4) is 0 Å². The minimum Gasteiger partial charge on any atom is -0.344 e. The van der Waals surface area contributed by atoms with E-state index in [4.69, 9.17) is 0 Å². The molecule has 148 valence electrons. The third-order valence-electron chi connectivity index (χ3n) is 4.49. The molecule has 2 rings (SSSR count). The summed E-state index contributed by atoms with van der Waals surface area (Å²) in [6.45, 7) is 9.32. The van der Waals surface area contributed by atoms with Gasteiger partial charge in [-0.2, -0.15) is 0 Å². The van der Waals surface area contributed by atoms with Gasteiger partial charge in [0.25, 0.3) is 5.91 Å². The Labute approximate surface area is 160 Å². The van der Waals surface area contributed by atoms with E-state index in [2.05, 4.69) is 15.6 Å². The summed E-state index contributed by atoms with van der Waals surface area (Å²) in [6.07, 6.45) is 1.79. The predicted octanol–water partition coefficient (Wildman–Crippen LogP) is 2.22. The second kappa shape index (κ2) is 7.77. The maximum atomic E-state index is 12.7. The van der Waals surface area contributed by atoms with E-state index in [1.807, 2.05) is 20.8 Å². The first-order valence-electron chi connectivity index (χ1n) is 8.71. The smallest absolute Gasteiger partial charge is 0.251 e. The molecule has 0 saturated carbocycles. The summed E-state index contributed by atoms with van der Waals surface area (Å²) < 4.78 is 28.0. The molecule has 2 aromatic rings. The van der Waals surface area contributed by atoms with Gasteiger partial charge in [-0.25, -0.2) is 17.4 Å². The minimum absolute atomic E-state index is 0.135. The van der Waals surface area contributed by atoms with Crippen LogP contribution in [0.25, 0.3) is 0 Å². The molecule has 1 atom stereocenters. The Morgan fingerprint density at radius 1 is 1.19 bits per heavy atom. The molecule has 1 heterocycles. The lowest BCUT2D eigenvalue weighted by atomic mass is 10.1. The maximum absolute atomic E-state index is 12.7. The highest BCUT2D eigenvalue weighted by Crippen LogP contribution is 2.24. The summed E-state index contributed by atoms with van der Waals surface area (Å²) in [5, 5.41) is 11.0. The fourth-order valence-corrected chi connectivity index (χ4v) is 3.74. The average molecular weight is 394 g/mol. The van der Waals surface area contributed by atoms with E-state index in [0.717, 1.165) is 9.87 Å². The molecule has 0 aliphatic carbocycles. The molecule has 0 fully saturated rings. The number of hydrogen-bond acceptors (Lipinski definition) is 5. The van der Waals surface area contributed by atoms with Gasteiger partial charge in [-0.1, -0.05) is 5.21 Å². The van der Waals surface area contributed by atoms with Crippen LogP contribution in [0.2, 0.25) is 0 Å². The molecule has 0 aliphatic rings. The Kier molecular flexibility index (Phi) is 6.06. The van der Waals surface area contributed by atoms with Gasteiger partial charge in [-0.15, -0.1) is 5.10 Å². The Morgan fingerprint density at radius 3 is 2.33 bits per heavy atom. The van der Waals surface area contributed by atoms with Crippen LogP contribution < -0.4 is 5.32 Å². The van der Waals surface area contributed by atoms with Gasteiger partial charge >= 0.3 is 0 Å². The summed E-state index contributed by atoms with van der Waals surface area (Å²) in [7, 11) is -0.707. The number of rotatable bonds is 6. The van der Waals surface area contributed by atoms with Crippen LogP contribution in [0.1, 0.15) is 60.0 Å². The standard InChI is InChI=1S/C18H27N5O3S/c1-11(2)23-10-16(20-21-23)14(5)19-18(24)15-8-12(3)13(4)17(9-15)27(25,26)22(6)7/h8-11,14H,1-7H3,(H,19,24). The molecule has 1 N–H and O–H groups in total. The molecule has 27 heavy (non-hydrogen) atoms. The molecule has 8 nitrogen and oxygen atoms in total. The lowest BCUT2D eigenvalue weighted by Crippen LogP contribution is -2.28. The maximum Gasteiger partial charge on any atom is 0.251 e. The van der Waals surface area contributed by atoms with E-state index in [1.54, 1.807) is 30.8 Å². The third kappa shape index (κ3) is 4.36. The number of aromatic nitrogens is 3. The molecular formula is C18H27N5O3S. The monoisotopic (exact) mass is 393 g/mol. The van der Waals surface area contributed by atoms with Crippen LogP contribution in [0.4, 0.5) is 0 Å². The molecule has 1 aromatic carbocycles. The van der Waals surface area contributed by atoms with Crippen LogP contribution >= 0.6 is 0 Å². The summed E-state index contributed by atoms with van der Waals surface area (Å²) in [6, 6.07) is 2.93. The van der Waals surface area contributed by atoms with E-state index in [-0.39, 0.29) is 22.9 Å². The number of nitrogens with zero attached hydrogens (tertiary/aromatic N) is 4. The Hall–Kier alpha value is -2.26. The number of sulfonamides is 1. The fourth-order valence-electron chi connectivity index (χ4n) is 2.52. The van der Waals surface area contributed by atoms with Crippen molar-refractivity contribution in [2.24, 2.45) is 0 Å². The highest BCUT2D eigenvalue weighted by Gasteiger charge is 2.24. The first kappa shape index (κ1) is 21.0. The van der Waals surface area contributed by atoms with Crippen molar-refractivity contribution in [1.29, 1.82) is 0 Å². The normalized spacial score (nSPS) is 13.2. The van der Waals surface area contributed by atoms with Crippen LogP contribution in [-0.2, 0) is 10.0 Å². The Balaban J connectivity index is 2.32. The van der Waals surface area contributed by atoms with Crippen molar-refractivity contribution in [3.8, 4) is 0 Å². The predicted molar refractivity (Wildman–Crippen MR) is 103 cm³/mol. The van der Waals surface area contributed by atoms with Crippen molar-refractivity contribution < 1.29 is 13.2 Å². The van der Waals surface area contributed by atoms with Gasteiger partial charge in [0.15, 0.2) is 0 Å². The zero-order chi connectivity index (χ0) is 20.5. The molecule has 0 saturated heterocycles. The molecule has 0 spiro atoms.